The molecule has 0 aliphatic heterocycles. The number of carbonyl (C=O) groups excluding carboxylic acids is 1. The average molecular weight is 340 g/mol. The van der Waals surface area contributed by atoms with E-state index in [1.165, 1.54) is 0 Å². The third-order valence-electron chi connectivity index (χ3n) is 3.31. The summed E-state index contributed by atoms with van der Waals surface area (Å²) in [5.41, 5.74) is 2.92. The molecule has 126 valence electrons. The van der Waals surface area contributed by atoms with Crippen molar-refractivity contribution >= 4 is 24.7 Å². The molecule has 1 amide bonds. The highest BCUT2D eigenvalue weighted by Crippen LogP contribution is 2.37. The summed E-state index contributed by atoms with van der Waals surface area (Å²) in [6, 6.07) is 3.69. The molecular weight excluding hydrogens is 319 g/mol. The summed E-state index contributed by atoms with van der Waals surface area (Å²) in [4.78, 5) is 28.8. The van der Waals surface area contributed by atoms with E-state index in [4.69, 9.17) is 4.52 Å². The zero-order valence-electron chi connectivity index (χ0n) is 13.3. The minimum atomic E-state index is -3.85. The first-order valence-electron chi connectivity index (χ1n) is 7.36. The van der Waals surface area contributed by atoms with Crippen LogP contribution in [0, 0.1) is 6.92 Å². The van der Waals surface area contributed by atoms with Gasteiger partial charge >= 0.3 is 7.75 Å². The van der Waals surface area contributed by atoms with Crippen molar-refractivity contribution in [3.63, 3.8) is 0 Å². The van der Waals surface area contributed by atoms with E-state index in [9.17, 15) is 14.3 Å². The second-order valence-corrected chi connectivity index (χ2v) is 6.59. The SMILES string of the molecule is CCNC(=O)c1nc2c(CNP(=O)(O)OCC)c(C)ccc2[nH]1. The van der Waals surface area contributed by atoms with Gasteiger partial charge < -0.3 is 15.2 Å². The molecule has 0 radical (unpaired) electrons. The molecule has 0 aliphatic carbocycles. The highest BCUT2D eigenvalue weighted by Gasteiger charge is 2.20. The van der Waals surface area contributed by atoms with Crippen LogP contribution in [0.25, 0.3) is 11.0 Å². The molecular formula is C14H21N4O4P. The Morgan fingerprint density at radius 3 is 2.83 bits per heavy atom. The van der Waals surface area contributed by atoms with Gasteiger partial charge in [0, 0.05) is 13.1 Å². The van der Waals surface area contributed by atoms with E-state index in [1.807, 2.05) is 26.0 Å². The number of imidazole rings is 1. The third kappa shape index (κ3) is 4.17. The van der Waals surface area contributed by atoms with Crippen molar-refractivity contribution in [2.45, 2.75) is 27.3 Å². The molecule has 2 rings (SSSR count). The molecule has 2 aromatic rings. The van der Waals surface area contributed by atoms with Gasteiger partial charge in [0.2, 0.25) is 0 Å². The Balaban J connectivity index is 2.33. The monoisotopic (exact) mass is 340 g/mol. The van der Waals surface area contributed by atoms with Gasteiger partial charge in [-0.15, -0.1) is 0 Å². The lowest BCUT2D eigenvalue weighted by atomic mass is 10.1. The normalized spacial score (nSPS) is 13.9. The van der Waals surface area contributed by atoms with E-state index >= 15 is 0 Å². The molecule has 4 N–H and O–H groups in total. The van der Waals surface area contributed by atoms with Crippen molar-refractivity contribution in [1.82, 2.24) is 20.4 Å². The van der Waals surface area contributed by atoms with E-state index in [-0.39, 0.29) is 24.9 Å². The number of aromatic nitrogens is 2. The fraction of sp³-hybridized carbons (Fsp3) is 0.429. The predicted molar refractivity (Wildman–Crippen MR) is 87.1 cm³/mol. The van der Waals surface area contributed by atoms with Gasteiger partial charge in [0.15, 0.2) is 5.82 Å². The number of carbonyl (C=O) groups is 1. The van der Waals surface area contributed by atoms with Gasteiger partial charge in [-0.3, -0.25) is 9.32 Å². The zero-order valence-corrected chi connectivity index (χ0v) is 14.2. The highest BCUT2D eigenvalue weighted by atomic mass is 31.2. The van der Waals surface area contributed by atoms with Crippen LogP contribution in [0.5, 0.6) is 0 Å². The van der Waals surface area contributed by atoms with Crippen LogP contribution in [0.4, 0.5) is 0 Å². The summed E-state index contributed by atoms with van der Waals surface area (Å²) in [7, 11) is -3.85. The fourth-order valence-corrected chi connectivity index (χ4v) is 3.01. The Morgan fingerprint density at radius 2 is 2.17 bits per heavy atom. The van der Waals surface area contributed by atoms with Gasteiger partial charge in [0.25, 0.3) is 5.91 Å². The Kier molecular flexibility index (Phi) is 5.54. The van der Waals surface area contributed by atoms with Crippen molar-refractivity contribution in [1.29, 1.82) is 0 Å². The Bertz CT molecular complexity index is 759. The number of benzene rings is 1. The van der Waals surface area contributed by atoms with Crippen LogP contribution in [0.3, 0.4) is 0 Å². The van der Waals surface area contributed by atoms with Gasteiger partial charge in [-0.05, 0) is 38.0 Å². The van der Waals surface area contributed by atoms with Gasteiger partial charge in [-0.25, -0.2) is 14.6 Å². The van der Waals surface area contributed by atoms with E-state index in [2.05, 4.69) is 20.4 Å². The number of H-pyrrole nitrogens is 1. The number of hydrogen-bond donors (Lipinski definition) is 4. The van der Waals surface area contributed by atoms with Gasteiger partial charge in [-0.2, -0.15) is 0 Å². The van der Waals surface area contributed by atoms with Crippen LogP contribution in [-0.2, 0) is 15.6 Å². The number of nitrogens with zero attached hydrogens (tertiary/aromatic N) is 1. The highest BCUT2D eigenvalue weighted by molar-refractivity contribution is 7.50. The minimum absolute atomic E-state index is 0.108. The largest absolute Gasteiger partial charge is 0.403 e. The molecule has 0 spiro atoms. The standard InChI is InChI=1S/C14H21N4O4P/c1-4-15-14(19)13-17-11-7-6-9(3)10(12(11)18-13)8-16-23(20,21)22-5-2/h6-7H,4-5,8H2,1-3H3,(H,15,19)(H,17,18)(H2,16,20,21). The van der Waals surface area contributed by atoms with Gasteiger partial charge in [0.1, 0.15) is 0 Å². The lowest BCUT2D eigenvalue weighted by molar-refractivity contribution is 0.0946. The van der Waals surface area contributed by atoms with E-state index in [0.29, 0.717) is 17.6 Å². The second-order valence-electron chi connectivity index (χ2n) is 4.98. The molecule has 8 nitrogen and oxygen atoms in total. The lowest BCUT2D eigenvalue weighted by Crippen LogP contribution is -2.23. The molecule has 0 saturated heterocycles. The Morgan fingerprint density at radius 1 is 1.43 bits per heavy atom. The maximum Gasteiger partial charge on any atom is 0.403 e. The summed E-state index contributed by atoms with van der Waals surface area (Å²) < 4.78 is 16.5. The second kappa shape index (κ2) is 7.23. The van der Waals surface area contributed by atoms with Crippen LogP contribution < -0.4 is 10.4 Å². The summed E-state index contributed by atoms with van der Waals surface area (Å²) in [6.07, 6.45) is 0. The summed E-state index contributed by atoms with van der Waals surface area (Å²) in [6.45, 7) is 6.09. The topological polar surface area (TPSA) is 116 Å². The molecule has 1 atom stereocenters. The van der Waals surface area contributed by atoms with Crippen LogP contribution in [0.2, 0.25) is 0 Å². The maximum absolute atomic E-state index is 11.9. The van der Waals surface area contributed by atoms with Crippen molar-refractivity contribution in [3.8, 4) is 0 Å². The van der Waals surface area contributed by atoms with Crippen LogP contribution in [-0.4, -0.2) is 33.9 Å². The molecule has 0 saturated carbocycles. The van der Waals surface area contributed by atoms with E-state index < -0.39 is 7.75 Å². The molecule has 0 bridgehead atoms. The number of hydrogen-bond acceptors (Lipinski definition) is 4. The van der Waals surface area contributed by atoms with Crippen molar-refractivity contribution in [3.05, 3.63) is 29.1 Å². The number of fused-ring (bicyclic) bond motifs is 1. The van der Waals surface area contributed by atoms with E-state index in [0.717, 1.165) is 11.1 Å². The average Bonchev–Trinajstić information content (AvgIpc) is 2.90. The summed E-state index contributed by atoms with van der Waals surface area (Å²) >= 11 is 0. The number of aryl methyl sites for hydroxylation is 1. The van der Waals surface area contributed by atoms with Crippen molar-refractivity contribution in [2.75, 3.05) is 13.2 Å². The van der Waals surface area contributed by atoms with Crippen LogP contribution >= 0.6 is 7.75 Å². The van der Waals surface area contributed by atoms with Crippen molar-refractivity contribution < 1.29 is 18.8 Å². The van der Waals surface area contributed by atoms with Crippen LogP contribution in [0.15, 0.2) is 12.1 Å². The number of aromatic amines is 1. The first kappa shape index (κ1) is 17.6. The van der Waals surface area contributed by atoms with E-state index in [1.54, 1.807) is 6.92 Å². The molecule has 1 heterocycles. The quantitative estimate of drug-likeness (QED) is 0.572. The van der Waals surface area contributed by atoms with Crippen molar-refractivity contribution in [2.24, 2.45) is 0 Å². The third-order valence-corrected chi connectivity index (χ3v) is 4.47. The van der Waals surface area contributed by atoms with Gasteiger partial charge in [-0.1, -0.05) is 6.07 Å². The molecule has 0 aliphatic rings. The Hall–Kier alpha value is -1.73. The molecule has 0 fully saturated rings. The smallest absolute Gasteiger partial charge is 0.350 e. The summed E-state index contributed by atoms with van der Waals surface area (Å²) in [5, 5.41) is 5.18. The minimum Gasteiger partial charge on any atom is -0.350 e. The molecule has 1 aromatic heterocycles. The molecule has 1 aromatic carbocycles. The van der Waals surface area contributed by atoms with Crippen LogP contribution in [0.1, 0.15) is 35.6 Å². The van der Waals surface area contributed by atoms with Gasteiger partial charge in [0.05, 0.1) is 17.6 Å². The first-order valence-corrected chi connectivity index (χ1v) is 8.94. The molecule has 1 unspecified atom stereocenters. The number of amides is 1. The lowest BCUT2D eigenvalue weighted by Gasteiger charge is -2.13. The molecule has 9 heteroatoms. The number of rotatable bonds is 7. The predicted octanol–water partition coefficient (Wildman–Crippen LogP) is 1.85. The Labute approximate surface area is 134 Å². The molecule has 23 heavy (non-hydrogen) atoms. The summed E-state index contributed by atoms with van der Waals surface area (Å²) in [5.74, 6) is -0.0758. The maximum atomic E-state index is 11.9. The number of nitrogens with one attached hydrogen (secondary N) is 3. The zero-order chi connectivity index (χ0) is 17.0. The first-order chi connectivity index (χ1) is 10.9. The fourth-order valence-electron chi connectivity index (χ4n) is 2.21.